The van der Waals surface area contributed by atoms with Crippen molar-refractivity contribution in [2.45, 2.75) is 20.3 Å². The molecule has 1 fully saturated rings. The van der Waals surface area contributed by atoms with Crippen LogP contribution in [0.3, 0.4) is 0 Å². The van der Waals surface area contributed by atoms with E-state index >= 15 is 0 Å². The molecule has 1 saturated heterocycles. The average Bonchev–Trinajstić information content (AvgIpc) is 2.79. The number of nitrogens with zero attached hydrogens (tertiary/aromatic N) is 3. The van der Waals surface area contributed by atoms with E-state index in [1.807, 2.05) is 12.1 Å². The number of anilines is 1. The van der Waals surface area contributed by atoms with Gasteiger partial charge in [0, 0.05) is 35.9 Å². The van der Waals surface area contributed by atoms with Crippen LogP contribution in [0.5, 0.6) is 0 Å². The van der Waals surface area contributed by atoms with Gasteiger partial charge in [-0.3, -0.25) is 9.69 Å². The molecule has 1 aliphatic rings. The summed E-state index contributed by atoms with van der Waals surface area (Å²) in [6.07, 6.45) is 3.80. The van der Waals surface area contributed by atoms with Crippen molar-refractivity contribution in [1.29, 1.82) is 0 Å². The molecule has 5 heteroatoms. The fourth-order valence-corrected chi connectivity index (χ4v) is 2.69. The average molecular weight is 326 g/mol. The lowest BCUT2D eigenvalue weighted by atomic mass is 9.93. The number of hydrogen-bond acceptors (Lipinski definition) is 3. The molecule has 0 radical (unpaired) electrons. The fourth-order valence-electron chi connectivity index (χ4n) is 2.49. The second-order valence-corrected chi connectivity index (χ2v) is 6.79. The Labute approximate surface area is 140 Å². The van der Waals surface area contributed by atoms with Crippen LogP contribution in [0.2, 0.25) is 5.02 Å². The molecule has 2 heterocycles. The Hall–Kier alpha value is -2.38. The predicted molar refractivity (Wildman–Crippen MR) is 90.2 cm³/mol. The maximum absolute atomic E-state index is 12.0. The van der Waals surface area contributed by atoms with Crippen molar-refractivity contribution in [1.82, 2.24) is 9.97 Å². The van der Waals surface area contributed by atoms with E-state index in [4.69, 9.17) is 11.6 Å². The quantitative estimate of drug-likeness (QED) is 0.756. The number of carbonyl (C=O) groups is 1. The van der Waals surface area contributed by atoms with E-state index in [-0.39, 0.29) is 11.3 Å². The number of benzene rings is 1. The van der Waals surface area contributed by atoms with Gasteiger partial charge in [-0.15, -0.1) is 0 Å². The fraction of sp³-hybridized carbons (Fsp3) is 0.278. The van der Waals surface area contributed by atoms with Gasteiger partial charge in [-0.25, -0.2) is 9.97 Å². The van der Waals surface area contributed by atoms with Crippen LogP contribution in [-0.4, -0.2) is 22.4 Å². The first-order valence-electron chi connectivity index (χ1n) is 7.33. The van der Waals surface area contributed by atoms with Gasteiger partial charge in [-0.05, 0) is 23.6 Å². The van der Waals surface area contributed by atoms with Crippen molar-refractivity contribution in [2.24, 2.45) is 5.41 Å². The number of amides is 1. The summed E-state index contributed by atoms with van der Waals surface area (Å²) in [5, 5.41) is 0.651. The minimum absolute atomic E-state index is 0.0362. The van der Waals surface area contributed by atoms with Gasteiger partial charge >= 0.3 is 0 Å². The molecule has 0 unspecified atom stereocenters. The molecule has 1 aliphatic heterocycles. The van der Waals surface area contributed by atoms with Crippen LogP contribution in [0, 0.1) is 17.3 Å². The molecule has 116 valence electrons. The van der Waals surface area contributed by atoms with Crippen LogP contribution in [0.25, 0.3) is 0 Å². The zero-order valence-corrected chi connectivity index (χ0v) is 13.8. The van der Waals surface area contributed by atoms with Crippen molar-refractivity contribution in [3.8, 4) is 11.8 Å². The minimum atomic E-state index is -0.0362. The van der Waals surface area contributed by atoms with Crippen LogP contribution in [0.4, 0.5) is 5.95 Å². The van der Waals surface area contributed by atoms with Crippen molar-refractivity contribution >= 4 is 23.5 Å². The summed E-state index contributed by atoms with van der Waals surface area (Å²) in [5.41, 5.74) is 1.49. The summed E-state index contributed by atoms with van der Waals surface area (Å²) >= 11 is 5.93. The predicted octanol–water partition coefficient (Wildman–Crippen LogP) is 3.29. The molecule has 4 nitrogen and oxygen atoms in total. The molecule has 1 aromatic heterocycles. The monoisotopic (exact) mass is 325 g/mol. The molecule has 0 atom stereocenters. The normalized spacial score (nSPS) is 16.1. The van der Waals surface area contributed by atoms with Gasteiger partial charge in [0.1, 0.15) is 0 Å². The number of halogens is 1. The number of carbonyl (C=O) groups excluding carboxylic acids is 1. The Morgan fingerprint density at radius 1 is 1.17 bits per heavy atom. The van der Waals surface area contributed by atoms with Crippen LogP contribution < -0.4 is 4.90 Å². The largest absolute Gasteiger partial charge is 0.280 e. The first-order chi connectivity index (χ1) is 10.9. The van der Waals surface area contributed by atoms with Gasteiger partial charge in [0.25, 0.3) is 0 Å². The molecule has 0 aliphatic carbocycles. The van der Waals surface area contributed by atoms with E-state index in [2.05, 4.69) is 35.7 Å². The molecule has 23 heavy (non-hydrogen) atoms. The second-order valence-electron chi connectivity index (χ2n) is 6.35. The van der Waals surface area contributed by atoms with Crippen LogP contribution in [0.1, 0.15) is 31.4 Å². The first kappa shape index (κ1) is 15.5. The molecule has 0 N–H and O–H groups in total. The molecule has 0 spiro atoms. The van der Waals surface area contributed by atoms with E-state index in [9.17, 15) is 4.79 Å². The van der Waals surface area contributed by atoms with Crippen molar-refractivity contribution in [3.05, 3.63) is 52.8 Å². The van der Waals surface area contributed by atoms with Crippen molar-refractivity contribution in [3.63, 3.8) is 0 Å². The Balaban J connectivity index is 1.77. The number of rotatable bonds is 1. The molecular weight excluding hydrogens is 310 g/mol. The highest BCUT2D eigenvalue weighted by atomic mass is 35.5. The van der Waals surface area contributed by atoms with Gasteiger partial charge in [0.05, 0.1) is 5.56 Å². The molecule has 1 amide bonds. The van der Waals surface area contributed by atoms with Gasteiger partial charge in [0.2, 0.25) is 11.9 Å². The van der Waals surface area contributed by atoms with E-state index in [1.165, 1.54) is 0 Å². The number of hydrogen-bond donors (Lipinski definition) is 0. The highest BCUT2D eigenvalue weighted by Gasteiger charge is 2.37. The topological polar surface area (TPSA) is 46.1 Å². The van der Waals surface area contributed by atoms with E-state index in [0.29, 0.717) is 29.5 Å². The van der Waals surface area contributed by atoms with Crippen LogP contribution >= 0.6 is 11.6 Å². The minimum Gasteiger partial charge on any atom is -0.280 e. The van der Waals surface area contributed by atoms with Crippen LogP contribution in [0.15, 0.2) is 36.7 Å². The lowest BCUT2D eigenvalue weighted by Crippen LogP contribution is -2.27. The third-order valence-corrected chi connectivity index (χ3v) is 3.81. The summed E-state index contributed by atoms with van der Waals surface area (Å²) in [6, 6.07) is 7.35. The van der Waals surface area contributed by atoms with Gasteiger partial charge in [0.15, 0.2) is 0 Å². The standard InChI is InChI=1S/C18H16ClN3O/c1-18(2)9-16(23)22(12-18)17-20-10-14(11-21-17)7-6-13-4-3-5-15(19)8-13/h3-5,8,10-11H,9,12H2,1-2H3. The zero-order chi connectivity index (χ0) is 16.4. The summed E-state index contributed by atoms with van der Waals surface area (Å²) in [7, 11) is 0. The first-order valence-corrected chi connectivity index (χ1v) is 7.71. The van der Waals surface area contributed by atoms with E-state index < -0.39 is 0 Å². The molecule has 0 saturated carbocycles. The van der Waals surface area contributed by atoms with Crippen molar-refractivity contribution in [2.75, 3.05) is 11.4 Å². The van der Waals surface area contributed by atoms with E-state index in [0.717, 1.165) is 5.56 Å². The van der Waals surface area contributed by atoms with Gasteiger partial charge in [-0.2, -0.15) is 0 Å². The highest BCUT2D eigenvalue weighted by Crippen LogP contribution is 2.31. The van der Waals surface area contributed by atoms with Crippen molar-refractivity contribution < 1.29 is 4.79 Å². The molecular formula is C18H16ClN3O. The summed E-state index contributed by atoms with van der Waals surface area (Å²) < 4.78 is 0. The van der Waals surface area contributed by atoms with E-state index in [1.54, 1.807) is 29.4 Å². The Bertz CT molecular complexity index is 803. The maximum atomic E-state index is 12.0. The smallest absolute Gasteiger partial charge is 0.232 e. The Morgan fingerprint density at radius 3 is 2.48 bits per heavy atom. The maximum Gasteiger partial charge on any atom is 0.232 e. The summed E-state index contributed by atoms with van der Waals surface area (Å²) in [4.78, 5) is 22.2. The summed E-state index contributed by atoms with van der Waals surface area (Å²) in [6.45, 7) is 4.77. The Morgan fingerprint density at radius 2 is 1.87 bits per heavy atom. The van der Waals surface area contributed by atoms with Gasteiger partial charge < -0.3 is 0 Å². The third kappa shape index (κ3) is 3.69. The molecule has 1 aromatic carbocycles. The SMILES string of the molecule is CC1(C)CC(=O)N(c2ncc(C#Cc3cccc(Cl)c3)cn2)C1. The Kier molecular flexibility index (Phi) is 4.06. The molecule has 2 aromatic rings. The lowest BCUT2D eigenvalue weighted by Gasteiger charge is -2.17. The highest BCUT2D eigenvalue weighted by molar-refractivity contribution is 6.30. The second kappa shape index (κ2) is 6.02. The van der Waals surface area contributed by atoms with Gasteiger partial charge in [-0.1, -0.05) is 43.4 Å². The lowest BCUT2D eigenvalue weighted by molar-refractivity contribution is -0.117. The molecule has 0 bridgehead atoms. The zero-order valence-electron chi connectivity index (χ0n) is 13.0. The summed E-state index contributed by atoms with van der Waals surface area (Å²) in [5.74, 6) is 6.52. The van der Waals surface area contributed by atoms with Crippen LogP contribution in [-0.2, 0) is 4.79 Å². The number of aromatic nitrogens is 2. The third-order valence-electron chi connectivity index (χ3n) is 3.57. The molecule has 3 rings (SSSR count).